The van der Waals surface area contributed by atoms with Crippen LogP contribution in [0.5, 0.6) is 11.6 Å². The van der Waals surface area contributed by atoms with Gasteiger partial charge in [-0.15, -0.1) is 0 Å². The summed E-state index contributed by atoms with van der Waals surface area (Å²) in [6.07, 6.45) is 2.66. The number of amides is 1. The van der Waals surface area contributed by atoms with Gasteiger partial charge in [-0.3, -0.25) is 4.79 Å². The van der Waals surface area contributed by atoms with Crippen molar-refractivity contribution in [1.82, 2.24) is 14.5 Å². The van der Waals surface area contributed by atoms with E-state index in [0.29, 0.717) is 31.9 Å². The van der Waals surface area contributed by atoms with Crippen molar-refractivity contribution in [3.8, 4) is 11.6 Å². The van der Waals surface area contributed by atoms with Crippen LogP contribution in [0, 0.1) is 0 Å². The monoisotopic (exact) mass is 349 g/mol. The van der Waals surface area contributed by atoms with E-state index in [9.17, 15) is 13.2 Å². The van der Waals surface area contributed by atoms with Gasteiger partial charge in [-0.25, -0.2) is 17.8 Å². The number of fused-ring (bicyclic) bond motifs is 2. The summed E-state index contributed by atoms with van der Waals surface area (Å²) in [5, 5.41) is 4.00. The first-order valence-corrected chi connectivity index (χ1v) is 9.05. The van der Waals surface area contributed by atoms with Crippen molar-refractivity contribution in [2.24, 2.45) is 0 Å². The van der Waals surface area contributed by atoms with Crippen molar-refractivity contribution in [2.75, 3.05) is 13.2 Å². The van der Waals surface area contributed by atoms with Crippen LogP contribution in [0.25, 0.3) is 0 Å². The van der Waals surface area contributed by atoms with E-state index in [2.05, 4.69) is 9.82 Å². The Morgan fingerprint density at radius 2 is 2.12 bits per heavy atom. The molecule has 2 aliphatic heterocycles. The highest BCUT2D eigenvalue weighted by Crippen LogP contribution is 2.30. The highest BCUT2D eigenvalue weighted by atomic mass is 32.2. The number of aromatic nitrogens is 2. The fourth-order valence-electron chi connectivity index (χ4n) is 2.86. The van der Waals surface area contributed by atoms with Gasteiger partial charge in [-0.2, -0.15) is 5.10 Å². The number of carbonyl (C=O) groups excluding carboxylic acids is 1. The predicted octanol–water partition coefficient (Wildman–Crippen LogP) is 0.719. The molecule has 1 aromatic heterocycles. The molecule has 24 heavy (non-hydrogen) atoms. The highest BCUT2D eigenvalue weighted by Gasteiger charge is 2.30. The van der Waals surface area contributed by atoms with E-state index in [0.717, 1.165) is 12.0 Å². The number of sulfonamides is 1. The third-order valence-corrected chi connectivity index (χ3v) is 5.30. The fraction of sp³-hybridized carbons (Fsp3) is 0.333. The van der Waals surface area contributed by atoms with Crippen LogP contribution in [-0.4, -0.2) is 37.3 Å². The number of aryl methyl sites for hydroxylation is 1. The molecule has 0 fully saturated rings. The molecule has 4 rings (SSSR count). The zero-order valence-electron chi connectivity index (χ0n) is 12.7. The zero-order valence-corrected chi connectivity index (χ0v) is 13.5. The lowest BCUT2D eigenvalue weighted by atomic mass is 10.1. The van der Waals surface area contributed by atoms with Crippen LogP contribution in [0.15, 0.2) is 29.3 Å². The Bertz CT molecular complexity index is 919. The van der Waals surface area contributed by atoms with Gasteiger partial charge in [-0.1, -0.05) is 12.1 Å². The summed E-state index contributed by atoms with van der Waals surface area (Å²) in [4.78, 5) is 12.3. The average Bonchev–Trinajstić information content (AvgIpc) is 3.20. The van der Waals surface area contributed by atoms with E-state index in [4.69, 9.17) is 9.47 Å². The number of carbonyl (C=O) groups is 1. The molecule has 0 unspecified atom stereocenters. The van der Waals surface area contributed by atoms with Crippen molar-refractivity contribution >= 4 is 15.9 Å². The number of para-hydroxylation sites is 1. The number of ether oxygens (including phenoxy) is 2. The van der Waals surface area contributed by atoms with Crippen LogP contribution < -0.4 is 14.2 Å². The Kier molecular flexibility index (Phi) is 3.45. The van der Waals surface area contributed by atoms with E-state index in [1.54, 1.807) is 12.1 Å². The highest BCUT2D eigenvalue weighted by molar-refractivity contribution is 7.90. The van der Waals surface area contributed by atoms with Gasteiger partial charge < -0.3 is 9.47 Å². The Labute approximate surface area is 138 Å². The molecule has 0 atom stereocenters. The van der Waals surface area contributed by atoms with Crippen molar-refractivity contribution < 1.29 is 22.7 Å². The summed E-state index contributed by atoms with van der Waals surface area (Å²) in [7, 11) is -4.09. The lowest BCUT2D eigenvalue weighted by Crippen LogP contribution is -2.31. The standard InChI is InChI=1S/C15H15N3O5S/c19-14(11-4-1-3-10-5-8-22-13(10)11)17-24(20,21)12-9-16-18-6-2-7-23-15(12)18/h1,3-4,9H,2,5-8H2,(H,17,19). The molecule has 0 saturated heterocycles. The molecule has 9 heteroatoms. The van der Waals surface area contributed by atoms with Gasteiger partial charge >= 0.3 is 0 Å². The summed E-state index contributed by atoms with van der Waals surface area (Å²) >= 11 is 0. The second kappa shape index (κ2) is 5.52. The molecule has 8 nitrogen and oxygen atoms in total. The quantitative estimate of drug-likeness (QED) is 0.876. The predicted molar refractivity (Wildman–Crippen MR) is 82.6 cm³/mol. The van der Waals surface area contributed by atoms with Gasteiger partial charge in [0.2, 0.25) is 5.88 Å². The van der Waals surface area contributed by atoms with Crippen LogP contribution in [0.2, 0.25) is 0 Å². The number of hydrogen-bond donors (Lipinski definition) is 1. The van der Waals surface area contributed by atoms with E-state index in [1.165, 1.54) is 10.9 Å². The second-order valence-corrected chi connectivity index (χ2v) is 7.22. The van der Waals surface area contributed by atoms with Gasteiger partial charge in [0.05, 0.1) is 25.0 Å². The minimum Gasteiger partial charge on any atom is -0.492 e. The molecule has 2 aliphatic rings. The molecule has 0 radical (unpaired) electrons. The summed E-state index contributed by atoms with van der Waals surface area (Å²) in [6, 6.07) is 5.11. The Morgan fingerprint density at radius 1 is 1.25 bits per heavy atom. The van der Waals surface area contributed by atoms with E-state index < -0.39 is 15.9 Å². The van der Waals surface area contributed by atoms with Crippen molar-refractivity contribution in [2.45, 2.75) is 24.3 Å². The Hall–Kier alpha value is -2.55. The molecular formula is C15H15N3O5S. The van der Waals surface area contributed by atoms with E-state index >= 15 is 0 Å². The van der Waals surface area contributed by atoms with Crippen molar-refractivity contribution in [1.29, 1.82) is 0 Å². The molecule has 2 aromatic rings. The van der Waals surface area contributed by atoms with Gasteiger partial charge in [0.25, 0.3) is 15.9 Å². The number of nitrogens with zero attached hydrogens (tertiary/aromatic N) is 2. The summed E-state index contributed by atoms with van der Waals surface area (Å²) in [6.45, 7) is 1.48. The van der Waals surface area contributed by atoms with Crippen LogP contribution >= 0.6 is 0 Å². The van der Waals surface area contributed by atoms with Gasteiger partial charge in [-0.05, 0) is 11.6 Å². The van der Waals surface area contributed by atoms with Gasteiger partial charge in [0.1, 0.15) is 5.75 Å². The Balaban J connectivity index is 1.64. The SMILES string of the molecule is O=C(NS(=O)(=O)c1cnn2c1OCCC2)c1cccc2c1OCC2. The minimum atomic E-state index is -4.09. The van der Waals surface area contributed by atoms with Crippen molar-refractivity contribution in [3.05, 3.63) is 35.5 Å². The fourth-order valence-corrected chi connectivity index (χ4v) is 3.90. The Morgan fingerprint density at radius 3 is 3.00 bits per heavy atom. The third kappa shape index (κ3) is 2.41. The van der Waals surface area contributed by atoms with Crippen molar-refractivity contribution in [3.63, 3.8) is 0 Å². The first-order valence-electron chi connectivity index (χ1n) is 7.57. The van der Waals surface area contributed by atoms with Crippen LogP contribution in [0.1, 0.15) is 22.3 Å². The van der Waals surface area contributed by atoms with E-state index in [1.807, 2.05) is 6.07 Å². The molecule has 0 saturated carbocycles. The topological polar surface area (TPSA) is 99.5 Å². The first kappa shape index (κ1) is 15.0. The summed E-state index contributed by atoms with van der Waals surface area (Å²) in [5.74, 6) is -0.126. The summed E-state index contributed by atoms with van der Waals surface area (Å²) < 4.78 is 39.5. The number of hydrogen-bond acceptors (Lipinski definition) is 6. The molecular weight excluding hydrogens is 334 g/mol. The maximum absolute atomic E-state index is 12.5. The lowest BCUT2D eigenvalue weighted by molar-refractivity contribution is 0.0978. The molecule has 3 heterocycles. The van der Waals surface area contributed by atoms with Crippen LogP contribution in [-0.2, 0) is 23.0 Å². The van der Waals surface area contributed by atoms with Gasteiger partial charge in [0.15, 0.2) is 4.90 Å². The van der Waals surface area contributed by atoms with Gasteiger partial charge in [0, 0.05) is 19.4 Å². The first-order chi connectivity index (χ1) is 11.6. The van der Waals surface area contributed by atoms with Crippen LogP contribution in [0.4, 0.5) is 0 Å². The molecule has 1 N–H and O–H groups in total. The minimum absolute atomic E-state index is 0.135. The molecule has 0 spiro atoms. The maximum atomic E-state index is 12.5. The zero-order chi connectivity index (χ0) is 16.7. The molecule has 1 amide bonds. The molecule has 1 aromatic carbocycles. The summed E-state index contributed by atoms with van der Waals surface area (Å²) in [5.41, 5.74) is 1.10. The number of nitrogens with one attached hydrogen (secondary N) is 1. The maximum Gasteiger partial charge on any atom is 0.271 e. The second-order valence-electron chi connectivity index (χ2n) is 5.57. The average molecular weight is 349 g/mol. The molecule has 0 aliphatic carbocycles. The molecule has 126 valence electrons. The number of rotatable bonds is 3. The third-order valence-electron chi connectivity index (χ3n) is 3.99. The normalized spacial score (nSPS) is 15.8. The van der Waals surface area contributed by atoms with Crippen LogP contribution in [0.3, 0.4) is 0 Å². The lowest BCUT2D eigenvalue weighted by Gasteiger charge is -2.16. The number of benzene rings is 1. The smallest absolute Gasteiger partial charge is 0.271 e. The van der Waals surface area contributed by atoms with E-state index in [-0.39, 0.29) is 16.3 Å². The largest absolute Gasteiger partial charge is 0.492 e. The molecule has 0 bridgehead atoms.